The van der Waals surface area contributed by atoms with Crippen molar-refractivity contribution >= 4 is 5.91 Å². The van der Waals surface area contributed by atoms with Gasteiger partial charge in [-0.3, -0.25) is 19.7 Å². The highest BCUT2D eigenvalue weighted by atomic mass is 19.1. The number of carbonyl (C=O) groups is 1. The summed E-state index contributed by atoms with van der Waals surface area (Å²) >= 11 is 0. The van der Waals surface area contributed by atoms with Crippen LogP contribution in [0.1, 0.15) is 84.4 Å². The zero-order valence-corrected chi connectivity index (χ0v) is 24.6. The molecule has 1 unspecified atom stereocenters. The average Bonchev–Trinajstić information content (AvgIpc) is 3.00. The summed E-state index contributed by atoms with van der Waals surface area (Å²) in [5.74, 6) is -0.340. The van der Waals surface area contributed by atoms with Crippen LogP contribution in [0.2, 0.25) is 0 Å². The lowest BCUT2D eigenvalue weighted by Gasteiger charge is -2.37. The SMILES string of the molecule is CC(=O)NCc1ccc(CN(Cc2ncccc2C(C)(C)c2ccc(F)cc2)C2CCCc3cccnc32)c(CO)c1. The molecule has 0 saturated heterocycles. The molecule has 6 nitrogen and oxygen atoms in total. The first kappa shape index (κ1) is 29.5. The number of hydrogen-bond donors (Lipinski definition) is 2. The van der Waals surface area contributed by atoms with Gasteiger partial charge in [0, 0.05) is 44.4 Å². The third kappa shape index (κ3) is 6.58. The Hall–Kier alpha value is -3.94. The first-order chi connectivity index (χ1) is 20.3. The minimum atomic E-state index is -0.396. The van der Waals surface area contributed by atoms with Crippen LogP contribution in [0.25, 0.3) is 0 Å². The molecular formula is C35H39FN4O2. The number of benzene rings is 2. The monoisotopic (exact) mass is 566 g/mol. The minimum Gasteiger partial charge on any atom is -0.392 e. The largest absolute Gasteiger partial charge is 0.392 e. The highest BCUT2D eigenvalue weighted by Crippen LogP contribution is 2.38. The topological polar surface area (TPSA) is 78.4 Å². The molecule has 7 heteroatoms. The van der Waals surface area contributed by atoms with Gasteiger partial charge in [-0.1, -0.05) is 56.3 Å². The van der Waals surface area contributed by atoms with Crippen LogP contribution in [0, 0.1) is 5.82 Å². The minimum absolute atomic E-state index is 0.0874. The third-order valence-corrected chi connectivity index (χ3v) is 8.44. The fraction of sp³-hybridized carbons (Fsp3) is 0.343. The standard InChI is InChI=1S/C35H39FN4O2/c1-24(42)39-20-25-11-12-27(28(19-25)23-41)21-40(33-10-4-7-26-8-5-18-38-34(26)33)22-32-31(9-6-17-37-32)35(2,3)29-13-15-30(36)16-14-29/h5-6,8-9,11-19,33,41H,4,7,10,20-23H2,1-3H3,(H,39,42). The van der Waals surface area contributed by atoms with E-state index in [1.54, 1.807) is 0 Å². The van der Waals surface area contributed by atoms with Gasteiger partial charge in [-0.25, -0.2) is 4.39 Å². The van der Waals surface area contributed by atoms with Gasteiger partial charge in [0.05, 0.1) is 24.0 Å². The summed E-state index contributed by atoms with van der Waals surface area (Å²) in [6.45, 7) is 7.31. The van der Waals surface area contributed by atoms with Crippen molar-refractivity contribution < 1.29 is 14.3 Å². The summed E-state index contributed by atoms with van der Waals surface area (Å²) in [5.41, 5.74) is 7.87. The lowest BCUT2D eigenvalue weighted by Crippen LogP contribution is -2.33. The Labute approximate surface area is 247 Å². The van der Waals surface area contributed by atoms with E-state index >= 15 is 0 Å². The predicted octanol–water partition coefficient (Wildman–Crippen LogP) is 6.15. The van der Waals surface area contributed by atoms with Gasteiger partial charge in [0.25, 0.3) is 0 Å². The first-order valence-electron chi connectivity index (χ1n) is 14.6. The van der Waals surface area contributed by atoms with Crippen LogP contribution in [0.15, 0.2) is 79.1 Å². The fourth-order valence-corrected chi connectivity index (χ4v) is 6.10. The van der Waals surface area contributed by atoms with Crippen molar-refractivity contribution in [3.05, 3.63) is 130 Å². The van der Waals surface area contributed by atoms with E-state index < -0.39 is 5.41 Å². The Kier molecular flexibility index (Phi) is 9.09. The Morgan fingerprint density at radius 2 is 1.79 bits per heavy atom. The number of amides is 1. The summed E-state index contributed by atoms with van der Waals surface area (Å²) in [6, 6.07) is 21.1. The molecule has 0 bridgehead atoms. The maximum absolute atomic E-state index is 13.8. The number of nitrogens with one attached hydrogen (secondary N) is 1. The van der Waals surface area contributed by atoms with Crippen LogP contribution in [0.5, 0.6) is 0 Å². The van der Waals surface area contributed by atoms with Gasteiger partial charge >= 0.3 is 0 Å². The second-order valence-corrected chi connectivity index (χ2v) is 11.7. The van der Waals surface area contributed by atoms with E-state index in [4.69, 9.17) is 9.97 Å². The van der Waals surface area contributed by atoms with Crippen molar-refractivity contribution in [2.45, 2.75) is 77.7 Å². The van der Waals surface area contributed by atoms with Gasteiger partial charge < -0.3 is 10.4 Å². The third-order valence-electron chi connectivity index (χ3n) is 8.44. The van der Waals surface area contributed by atoms with E-state index in [0.29, 0.717) is 19.6 Å². The Morgan fingerprint density at radius 3 is 2.55 bits per heavy atom. The molecule has 42 heavy (non-hydrogen) atoms. The molecule has 1 amide bonds. The van der Waals surface area contributed by atoms with Crippen LogP contribution in [-0.2, 0) is 42.9 Å². The summed E-state index contributed by atoms with van der Waals surface area (Å²) in [6.07, 6.45) is 6.76. The van der Waals surface area contributed by atoms with E-state index in [1.165, 1.54) is 24.6 Å². The van der Waals surface area contributed by atoms with E-state index in [0.717, 1.165) is 58.5 Å². The van der Waals surface area contributed by atoms with Crippen LogP contribution in [-0.4, -0.2) is 25.9 Å². The lowest BCUT2D eigenvalue weighted by molar-refractivity contribution is -0.119. The van der Waals surface area contributed by atoms with E-state index in [9.17, 15) is 14.3 Å². The highest BCUT2D eigenvalue weighted by Gasteiger charge is 2.31. The van der Waals surface area contributed by atoms with Gasteiger partial charge in [-0.05, 0) is 76.9 Å². The highest BCUT2D eigenvalue weighted by molar-refractivity contribution is 5.72. The molecule has 2 N–H and O–H groups in total. The van der Waals surface area contributed by atoms with Crippen LogP contribution < -0.4 is 5.32 Å². The molecule has 0 fully saturated rings. The van der Waals surface area contributed by atoms with E-state index in [-0.39, 0.29) is 24.4 Å². The molecule has 0 spiro atoms. The first-order valence-corrected chi connectivity index (χ1v) is 14.6. The number of halogens is 1. The fourth-order valence-electron chi connectivity index (χ4n) is 6.10. The summed E-state index contributed by atoms with van der Waals surface area (Å²) < 4.78 is 13.8. The number of carbonyl (C=O) groups excluding carboxylic acids is 1. The molecule has 0 radical (unpaired) electrons. The van der Waals surface area contributed by atoms with E-state index in [1.807, 2.05) is 48.8 Å². The maximum Gasteiger partial charge on any atom is 0.217 e. The number of rotatable bonds is 10. The molecule has 2 heterocycles. The number of aryl methyl sites for hydroxylation is 1. The summed E-state index contributed by atoms with van der Waals surface area (Å²) in [4.78, 5) is 23.6. The Bertz CT molecular complexity index is 1540. The predicted molar refractivity (Wildman–Crippen MR) is 162 cm³/mol. The van der Waals surface area contributed by atoms with Crippen LogP contribution in [0.4, 0.5) is 4.39 Å². The number of hydrogen-bond acceptors (Lipinski definition) is 5. The quantitative estimate of drug-likeness (QED) is 0.241. The molecule has 0 saturated carbocycles. The number of fused-ring (bicyclic) bond motifs is 1. The smallest absolute Gasteiger partial charge is 0.217 e. The second kappa shape index (κ2) is 12.9. The molecular weight excluding hydrogens is 527 g/mol. The van der Waals surface area contributed by atoms with Gasteiger partial charge in [0.15, 0.2) is 0 Å². The average molecular weight is 567 g/mol. The van der Waals surface area contributed by atoms with Gasteiger partial charge in [0.1, 0.15) is 5.82 Å². The molecule has 1 aliphatic carbocycles. The zero-order chi connectivity index (χ0) is 29.7. The molecule has 1 atom stereocenters. The molecule has 0 aliphatic heterocycles. The van der Waals surface area contributed by atoms with Gasteiger partial charge in [0.2, 0.25) is 5.91 Å². The van der Waals surface area contributed by atoms with Gasteiger partial charge in [-0.15, -0.1) is 0 Å². The van der Waals surface area contributed by atoms with Crippen molar-refractivity contribution in [3.8, 4) is 0 Å². The van der Waals surface area contributed by atoms with Crippen molar-refractivity contribution in [2.24, 2.45) is 0 Å². The normalized spacial score (nSPS) is 15.0. The van der Waals surface area contributed by atoms with Crippen molar-refractivity contribution in [1.82, 2.24) is 20.2 Å². The van der Waals surface area contributed by atoms with Crippen molar-refractivity contribution in [1.29, 1.82) is 0 Å². The van der Waals surface area contributed by atoms with Crippen LogP contribution in [0.3, 0.4) is 0 Å². The number of aliphatic hydroxyl groups excluding tert-OH is 1. The molecule has 4 aromatic rings. The molecule has 2 aromatic carbocycles. The van der Waals surface area contributed by atoms with Crippen molar-refractivity contribution in [2.75, 3.05) is 0 Å². The van der Waals surface area contributed by atoms with E-state index in [2.05, 4.69) is 42.3 Å². The Balaban J connectivity index is 1.53. The molecule has 2 aromatic heterocycles. The van der Waals surface area contributed by atoms with Crippen LogP contribution >= 0.6 is 0 Å². The Morgan fingerprint density at radius 1 is 1.02 bits per heavy atom. The number of aliphatic hydroxyl groups is 1. The molecule has 5 rings (SSSR count). The molecule has 1 aliphatic rings. The lowest BCUT2D eigenvalue weighted by atomic mass is 9.77. The summed E-state index contributed by atoms with van der Waals surface area (Å²) in [5, 5.41) is 13.2. The maximum atomic E-state index is 13.8. The summed E-state index contributed by atoms with van der Waals surface area (Å²) in [7, 11) is 0. The number of aromatic nitrogens is 2. The molecule has 218 valence electrons. The van der Waals surface area contributed by atoms with Crippen molar-refractivity contribution in [3.63, 3.8) is 0 Å². The number of pyridine rings is 2. The number of nitrogens with zero attached hydrogens (tertiary/aromatic N) is 3. The van der Waals surface area contributed by atoms with Gasteiger partial charge in [-0.2, -0.15) is 0 Å². The second-order valence-electron chi connectivity index (χ2n) is 11.7. The zero-order valence-electron chi connectivity index (χ0n) is 24.6.